The van der Waals surface area contributed by atoms with E-state index >= 15 is 0 Å². The van der Waals surface area contributed by atoms with Gasteiger partial charge >= 0.3 is 11.3 Å². The number of amides is 1. The van der Waals surface area contributed by atoms with Gasteiger partial charge in [-0.15, -0.1) is 0 Å². The van der Waals surface area contributed by atoms with Gasteiger partial charge in [0, 0.05) is 25.2 Å². The van der Waals surface area contributed by atoms with Gasteiger partial charge in [-0.25, -0.2) is 18.2 Å². The average molecular weight is 391 g/mol. The van der Waals surface area contributed by atoms with E-state index in [4.69, 9.17) is 10.5 Å². The SMILES string of the molecule is CC(C)(C)OC(=O)N1CCC(C(F)(F)S(=O)(=O)c2cccnc2N)CC1. The molecule has 1 fully saturated rings. The zero-order chi connectivity index (χ0) is 19.8. The minimum absolute atomic E-state index is 0.00673. The first-order chi connectivity index (χ1) is 11.9. The predicted molar refractivity (Wildman–Crippen MR) is 91.3 cm³/mol. The van der Waals surface area contributed by atoms with Crippen molar-refractivity contribution in [3.8, 4) is 0 Å². The van der Waals surface area contributed by atoms with Crippen LogP contribution in [0.25, 0.3) is 0 Å². The minimum Gasteiger partial charge on any atom is -0.444 e. The molecule has 2 heterocycles. The number of aromatic nitrogens is 1. The Morgan fingerprint density at radius 3 is 2.38 bits per heavy atom. The Bertz CT molecular complexity index is 770. The smallest absolute Gasteiger partial charge is 0.410 e. The Kier molecular flexibility index (Phi) is 5.46. The van der Waals surface area contributed by atoms with E-state index in [2.05, 4.69) is 4.98 Å². The number of anilines is 1. The molecule has 26 heavy (non-hydrogen) atoms. The molecule has 1 aliphatic rings. The third kappa shape index (κ3) is 4.05. The number of nitrogen functional groups attached to an aromatic ring is 1. The molecule has 0 unspecified atom stereocenters. The van der Waals surface area contributed by atoms with Gasteiger partial charge in [0.25, 0.3) is 0 Å². The van der Waals surface area contributed by atoms with Crippen LogP contribution in [0, 0.1) is 5.92 Å². The zero-order valence-electron chi connectivity index (χ0n) is 14.9. The maximum absolute atomic E-state index is 14.7. The molecule has 0 atom stereocenters. The molecule has 7 nitrogen and oxygen atoms in total. The quantitative estimate of drug-likeness (QED) is 0.850. The Hall–Kier alpha value is -1.97. The van der Waals surface area contributed by atoms with Crippen LogP contribution in [-0.4, -0.2) is 48.3 Å². The highest BCUT2D eigenvalue weighted by molar-refractivity contribution is 7.92. The van der Waals surface area contributed by atoms with Crippen molar-refractivity contribution in [1.82, 2.24) is 9.88 Å². The Morgan fingerprint density at radius 1 is 1.31 bits per heavy atom. The molecular formula is C16H23F2N3O4S. The molecule has 2 N–H and O–H groups in total. The summed E-state index contributed by atoms with van der Waals surface area (Å²) in [4.78, 5) is 16.2. The number of carbonyl (C=O) groups excluding carboxylic acids is 1. The van der Waals surface area contributed by atoms with E-state index in [1.165, 1.54) is 17.2 Å². The van der Waals surface area contributed by atoms with Crippen LogP contribution in [-0.2, 0) is 14.6 Å². The number of piperidine rings is 1. The third-order valence-corrected chi connectivity index (χ3v) is 6.04. The summed E-state index contributed by atoms with van der Waals surface area (Å²) in [6.07, 6.45) is 0.307. The number of rotatable bonds is 3. The van der Waals surface area contributed by atoms with Crippen LogP contribution in [0.5, 0.6) is 0 Å². The van der Waals surface area contributed by atoms with Gasteiger partial charge < -0.3 is 15.4 Å². The molecule has 0 saturated carbocycles. The maximum atomic E-state index is 14.7. The van der Waals surface area contributed by atoms with Gasteiger partial charge in [0.05, 0.1) is 0 Å². The van der Waals surface area contributed by atoms with Crippen molar-refractivity contribution in [2.45, 2.75) is 49.4 Å². The zero-order valence-corrected chi connectivity index (χ0v) is 15.7. The molecule has 0 bridgehead atoms. The molecule has 1 aromatic heterocycles. The normalized spacial score (nSPS) is 17.2. The number of likely N-dealkylation sites (tertiary alicyclic amines) is 1. The fourth-order valence-electron chi connectivity index (χ4n) is 2.72. The van der Waals surface area contributed by atoms with Gasteiger partial charge in [0.2, 0.25) is 9.84 Å². The van der Waals surface area contributed by atoms with Crippen molar-refractivity contribution in [1.29, 1.82) is 0 Å². The number of halogens is 2. The van der Waals surface area contributed by atoms with Crippen molar-refractivity contribution in [2.75, 3.05) is 18.8 Å². The summed E-state index contributed by atoms with van der Waals surface area (Å²) in [7, 11) is -4.99. The van der Waals surface area contributed by atoms with Crippen LogP contribution in [0.15, 0.2) is 23.2 Å². The Morgan fingerprint density at radius 2 is 1.88 bits per heavy atom. The summed E-state index contributed by atoms with van der Waals surface area (Å²) in [5.74, 6) is -1.89. The highest BCUT2D eigenvalue weighted by Gasteiger charge is 2.54. The molecule has 0 aromatic carbocycles. The number of hydrogen-bond donors (Lipinski definition) is 1. The summed E-state index contributed by atoms with van der Waals surface area (Å²) in [6, 6.07) is 2.26. The summed E-state index contributed by atoms with van der Waals surface area (Å²) >= 11 is 0. The van der Waals surface area contributed by atoms with Crippen LogP contribution >= 0.6 is 0 Å². The molecule has 0 aliphatic carbocycles. The molecule has 0 radical (unpaired) electrons. The molecule has 1 aromatic rings. The second kappa shape index (κ2) is 6.98. The van der Waals surface area contributed by atoms with Crippen LogP contribution in [0.3, 0.4) is 0 Å². The van der Waals surface area contributed by atoms with Gasteiger partial charge in [-0.05, 0) is 45.7 Å². The van der Waals surface area contributed by atoms with Crippen molar-refractivity contribution >= 4 is 21.7 Å². The number of sulfone groups is 1. The molecule has 146 valence electrons. The molecule has 0 spiro atoms. The second-order valence-electron chi connectivity index (χ2n) is 7.19. The van der Waals surface area contributed by atoms with E-state index in [1.54, 1.807) is 20.8 Å². The fourth-order valence-corrected chi connectivity index (χ4v) is 4.27. The van der Waals surface area contributed by atoms with E-state index in [0.29, 0.717) is 0 Å². The molecule has 1 saturated heterocycles. The van der Waals surface area contributed by atoms with Crippen LogP contribution in [0.2, 0.25) is 0 Å². The van der Waals surface area contributed by atoms with Crippen molar-refractivity contribution < 1.29 is 26.7 Å². The summed E-state index contributed by atoms with van der Waals surface area (Å²) < 4.78 is 59.5. The Balaban J connectivity index is 2.13. The van der Waals surface area contributed by atoms with Gasteiger partial charge in [-0.1, -0.05) is 0 Å². The summed E-state index contributed by atoms with van der Waals surface area (Å²) in [5, 5.41) is -4.01. The molecule has 1 aliphatic heterocycles. The van der Waals surface area contributed by atoms with Gasteiger partial charge in [0.15, 0.2) is 0 Å². The van der Waals surface area contributed by atoms with Gasteiger partial charge in [0.1, 0.15) is 16.3 Å². The van der Waals surface area contributed by atoms with Crippen LogP contribution in [0.4, 0.5) is 19.4 Å². The van der Waals surface area contributed by atoms with Crippen LogP contribution in [0.1, 0.15) is 33.6 Å². The molecular weight excluding hydrogens is 368 g/mol. The van der Waals surface area contributed by atoms with Crippen molar-refractivity contribution in [3.05, 3.63) is 18.3 Å². The highest BCUT2D eigenvalue weighted by Crippen LogP contribution is 2.41. The lowest BCUT2D eigenvalue weighted by Gasteiger charge is -2.36. The number of hydrogen-bond acceptors (Lipinski definition) is 6. The van der Waals surface area contributed by atoms with E-state index in [-0.39, 0.29) is 25.9 Å². The lowest BCUT2D eigenvalue weighted by molar-refractivity contribution is -0.0178. The number of alkyl halides is 2. The molecule has 2 rings (SSSR count). The second-order valence-corrected chi connectivity index (χ2v) is 9.18. The predicted octanol–water partition coefficient (Wildman–Crippen LogP) is 2.68. The van der Waals surface area contributed by atoms with E-state index in [0.717, 1.165) is 6.07 Å². The lowest BCUT2D eigenvalue weighted by Crippen LogP contribution is -2.47. The first kappa shape index (κ1) is 20.3. The minimum atomic E-state index is -4.99. The first-order valence-electron chi connectivity index (χ1n) is 8.17. The largest absolute Gasteiger partial charge is 0.444 e. The van der Waals surface area contributed by atoms with Crippen molar-refractivity contribution in [2.24, 2.45) is 5.92 Å². The topological polar surface area (TPSA) is 103 Å². The van der Waals surface area contributed by atoms with Crippen molar-refractivity contribution in [3.63, 3.8) is 0 Å². The maximum Gasteiger partial charge on any atom is 0.410 e. The van der Waals surface area contributed by atoms with Crippen LogP contribution < -0.4 is 5.73 Å². The summed E-state index contributed by atoms with van der Waals surface area (Å²) in [5.41, 5.74) is 4.77. The highest BCUT2D eigenvalue weighted by atomic mass is 32.2. The first-order valence-corrected chi connectivity index (χ1v) is 9.65. The van der Waals surface area contributed by atoms with E-state index < -0.39 is 43.4 Å². The average Bonchev–Trinajstić information content (AvgIpc) is 2.53. The standard InChI is InChI=1S/C16H23F2N3O4S/c1-15(2,3)25-14(22)21-9-6-11(7-10-21)16(17,18)26(23,24)12-5-4-8-20-13(12)19/h4-5,8,11H,6-7,9-10H2,1-3H3,(H2,19,20). The number of pyridine rings is 1. The lowest BCUT2D eigenvalue weighted by atomic mass is 9.97. The Labute approximate surface area is 151 Å². The van der Waals surface area contributed by atoms with Gasteiger partial charge in [-0.2, -0.15) is 8.78 Å². The monoisotopic (exact) mass is 391 g/mol. The number of ether oxygens (including phenoxy) is 1. The van der Waals surface area contributed by atoms with Gasteiger partial charge in [-0.3, -0.25) is 0 Å². The molecule has 1 amide bonds. The number of nitrogens with zero attached hydrogens (tertiary/aromatic N) is 2. The number of nitrogens with two attached hydrogens (primary N) is 1. The fraction of sp³-hybridized carbons (Fsp3) is 0.625. The third-order valence-electron chi connectivity index (χ3n) is 4.07. The van der Waals surface area contributed by atoms with E-state index in [1.807, 2.05) is 0 Å². The summed E-state index contributed by atoms with van der Waals surface area (Å²) in [6.45, 7) is 5.10. The molecule has 10 heteroatoms. The van der Waals surface area contributed by atoms with E-state index in [9.17, 15) is 22.0 Å². The number of carbonyl (C=O) groups is 1.